The molecule has 16 heavy (non-hydrogen) atoms. The molecule has 2 atom stereocenters. The number of amides is 1. The van der Waals surface area contributed by atoms with Crippen LogP contribution in [-0.2, 0) is 14.3 Å². The third-order valence-electron chi connectivity index (χ3n) is 2.29. The largest absolute Gasteiger partial charge is 0.467 e. The zero-order valence-electron chi connectivity index (χ0n) is 10.7. The normalized spacial score (nSPS) is 14.4. The lowest BCUT2D eigenvalue weighted by molar-refractivity contribution is -0.144. The maximum Gasteiger partial charge on any atom is 0.328 e. The van der Waals surface area contributed by atoms with Crippen molar-refractivity contribution in [3.8, 4) is 0 Å². The third kappa shape index (κ3) is 5.11. The molecule has 0 radical (unpaired) electrons. The number of carbonyl (C=O) groups excluding carboxylic acids is 2. The summed E-state index contributed by atoms with van der Waals surface area (Å²) in [5, 5.41) is 5.54. The van der Waals surface area contributed by atoms with Gasteiger partial charge < -0.3 is 15.4 Å². The minimum Gasteiger partial charge on any atom is -0.467 e. The minimum absolute atomic E-state index is 0.172. The van der Waals surface area contributed by atoms with Gasteiger partial charge in [0.05, 0.1) is 13.2 Å². The van der Waals surface area contributed by atoms with E-state index >= 15 is 0 Å². The standard InChI is InChI=1S/C11H22N2O3/c1-7(2)6-9(12-4)10(14)13-8(3)11(15)16-5/h7-9,12H,6H2,1-5H3,(H,13,14)/t8-,9-/m0/s1. The van der Waals surface area contributed by atoms with E-state index in [2.05, 4.69) is 15.4 Å². The van der Waals surface area contributed by atoms with Crippen molar-refractivity contribution in [3.05, 3.63) is 0 Å². The molecule has 0 unspecified atom stereocenters. The second-order valence-electron chi connectivity index (χ2n) is 4.22. The third-order valence-corrected chi connectivity index (χ3v) is 2.29. The Labute approximate surface area is 96.9 Å². The van der Waals surface area contributed by atoms with Crippen LogP contribution in [-0.4, -0.2) is 38.1 Å². The summed E-state index contributed by atoms with van der Waals surface area (Å²) < 4.78 is 4.53. The zero-order chi connectivity index (χ0) is 12.7. The summed E-state index contributed by atoms with van der Waals surface area (Å²) in [5.41, 5.74) is 0. The highest BCUT2D eigenvalue weighted by atomic mass is 16.5. The number of carbonyl (C=O) groups is 2. The van der Waals surface area contributed by atoms with Crippen molar-refractivity contribution in [1.29, 1.82) is 0 Å². The number of hydrogen-bond donors (Lipinski definition) is 2. The first-order valence-electron chi connectivity index (χ1n) is 5.47. The number of rotatable bonds is 6. The smallest absolute Gasteiger partial charge is 0.328 e. The minimum atomic E-state index is -0.611. The molecule has 0 aliphatic rings. The molecule has 0 heterocycles. The van der Waals surface area contributed by atoms with Crippen LogP contribution >= 0.6 is 0 Å². The van der Waals surface area contributed by atoms with Crippen molar-refractivity contribution in [2.45, 2.75) is 39.3 Å². The van der Waals surface area contributed by atoms with E-state index < -0.39 is 12.0 Å². The molecule has 1 amide bonds. The Hall–Kier alpha value is -1.10. The monoisotopic (exact) mass is 230 g/mol. The van der Waals surface area contributed by atoms with Crippen LogP contribution in [0.25, 0.3) is 0 Å². The molecular weight excluding hydrogens is 208 g/mol. The van der Waals surface area contributed by atoms with Gasteiger partial charge in [-0.2, -0.15) is 0 Å². The lowest BCUT2D eigenvalue weighted by atomic mass is 10.0. The summed E-state index contributed by atoms with van der Waals surface area (Å²) in [6.45, 7) is 5.69. The number of methoxy groups -OCH3 is 1. The fourth-order valence-electron chi connectivity index (χ4n) is 1.38. The van der Waals surface area contributed by atoms with Crippen LogP contribution in [0.3, 0.4) is 0 Å². The summed E-state index contributed by atoms with van der Waals surface area (Å²) in [5.74, 6) is -0.196. The fraction of sp³-hybridized carbons (Fsp3) is 0.818. The Morgan fingerprint density at radius 1 is 1.25 bits per heavy atom. The molecule has 0 aromatic carbocycles. The van der Waals surface area contributed by atoms with Crippen molar-refractivity contribution >= 4 is 11.9 Å². The van der Waals surface area contributed by atoms with E-state index in [1.165, 1.54) is 7.11 Å². The Bertz CT molecular complexity index is 241. The van der Waals surface area contributed by atoms with Gasteiger partial charge in [0.25, 0.3) is 0 Å². The Morgan fingerprint density at radius 3 is 2.19 bits per heavy atom. The predicted molar refractivity (Wildman–Crippen MR) is 61.9 cm³/mol. The molecule has 0 aromatic heterocycles. The van der Waals surface area contributed by atoms with Crippen LogP contribution in [0.4, 0.5) is 0 Å². The molecule has 0 saturated carbocycles. The van der Waals surface area contributed by atoms with E-state index in [4.69, 9.17) is 0 Å². The molecule has 0 rings (SSSR count). The van der Waals surface area contributed by atoms with Crippen LogP contribution in [0.5, 0.6) is 0 Å². The van der Waals surface area contributed by atoms with Gasteiger partial charge in [0.2, 0.25) is 5.91 Å². The molecule has 2 N–H and O–H groups in total. The number of esters is 1. The predicted octanol–water partition coefficient (Wildman–Crippen LogP) is 0.298. The Balaban J connectivity index is 4.25. The van der Waals surface area contributed by atoms with Crippen molar-refractivity contribution in [2.24, 2.45) is 5.92 Å². The van der Waals surface area contributed by atoms with Gasteiger partial charge in [0.15, 0.2) is 0 Å². The van der Waals surface area contributed by atoms with Crippen LogP contribution in [0.2, 0.25) is 0 Å². The van der Waals surface area contributed by atoms with Crippen molar-refractivity contribution in [3.63, 3.8) is 0 Å². The summed E-state index contributed by atoms with van der Waals surface area (Å²) >= 11 is 0. The fourth-order valence-corrected chi connectivity index (χ4v) is 1.38. The topological polar surface area (TPSA) is 67.4 Å². The van der Waals surface area contributed by atoms with E-state index in [1.807, 2.05) is 13.8 Å². The first kappa shape index (κ1) is 14.9. The average Bonchev–Trinajstić information content (AvgIpc) is 2.23. The number of ether oxygens (including phenoxy) is 1. The second-order valence-corrected chi connectivity index (χ2v) is 4.22. The highest BCUT2D eigenvalue weighted by Gasteiger charge is 2.22. The molecule has 5 heteroatoms. The zero-order valence-corrected chi connectivity index (χ0v) is 10.7. The molecule has 0 spiro atoms. The van der Waals surface area contributed by atoms with E-state index in [1.54, 1.807) is 14.0 Å². The summed E-state index contributed by atoms with van der Waals surface area (Å²) in [4.78, 5) is 22.9. The van der Waals surface area contributed by atoms with Crippen molar-refractivity contribution in [1.82, 2.24) is 10.6 Å². The van der Waals surface area contributed by atoms with Gasteiger partial charge in [-0.15, -0.1) is 0 Å². The number of likely N-dealkylation sites (N-methyl/N-ethyl adjacent to an activating group) is 1. The quantitative estimate of drug-likeness (QED) is 0.644. The van der Waals surface area contributed by atoms with Gasteiger partial charge in [0.1, 0.15) is 6.04 Å². The first-order valence-corrected chi connectivity index (χ1v) is 5.47. The van der Waals surface area contributed by atoms with Gasteiger partial charge in [-0.25, -0.2) is 4.79 Å². The van der Waals surface area contributed by atoms with Crippen LogP contribution in [0.15, 0.2) is 0 Å². The lowest BCUT2D eigenvalue weighted by Gasteiger charge is -2.20. The van der Waals surface area contributed by atoms with Crippen molar-refractivity contribution < 1.29 is 14.3 Å². The molecular formula is C11H22N2O3. The maximum atomic E-state index is 11.8. The molecule has 94 valence electrons. The molecule has 0 saturated heterocycles. The average molecular weight is 230 g/mol. The molecule has 0 bridgehead atoms. The number of nitrogens with one attached hydrogen (secondary N) is 2. The van der Waals surface area contributed by atoms with E-state index in [0.29, 0.717) is 5.92 Å². The molecule has 0 aliphatic carbocycles. The summed E-state index contributed by atoms with van der Waals surface area (Å²) in [6, 6.07) is -0.882. The summed E-state index contributed by atoms with van der Waals surface area (Å²) in [7, 11) is 3.03. The van der Waals surface area contributed by atoms with Gasteiger partial charge in [-0.05, 0) is 26.3 Å². The van der Waals surface area contributed by atoms with E-state index in [9.17, 15) is 9.59 Å². The number of hydrogen-bond acceptors (Lipinski definition) is 4. The SMILES string of the molecule is CN[C@@H](CC(C)C)C(=O)N[C@@H](C)C(=O)OC. The summed E-state index contributed by atoms with van der Waals surface area (Å²) in [6.07, 6.45) is 0.732. The highest BCUT2D eigenvalue weighted by Crippen LogP contribution is 2.04. The van der Waals surface area contributed by atoms with Gasteiger partial charge in [-0.3, -0.25) is 4.79 Å². The van der Waals surface area contributed by atoms with Crippen LogP contribution in [0, 0.1) is 5.92 Å². The van der Waals surface area contributed by atoms with Crippen LogP contribution in [0.1, 0.15) is 27.2 Å². The highest BCUT2D eigenvalue weighted by molar-refractivity contribution is 5.87. The van der Waals surface area contributed by atoms with Crippen LogP contribution < -0.4 is 10.6 Å². The van der Waals surface area contributed by atoms with Gasteiger partial charge in [-0.1, -0.05) is 13.8 Å². The molecule has 0 fully saturated rings. The van der Waals surface area contributed by atoms with E-state index in [0.717, 1.165) is 6.42 Å². The maximum absolute atomic E-state index is 11.8. The first-order chi connectivity index (χ1) is 7.42. The Morgan fingerprint density at radius 2 is 1.81 bits per heavy atom. The second kappa shape index (κ2) is 7.22. The molecule has 5 nitrogen and oxygen atoms in total. The van der Waals surface area contributed by atoms with Gasteiger partial charge >= 0.3 is 5.97 Å². The Kier molecular flexibility index (Phi) is 6.72. The van der Waals surface area contributed by atoms with E-state index in [-0.39, 0.29) is 11.9 Å². The van der Waals surface area contributed by atoms with Gasteiger partial charge in [0, 0.05) is 0 Å². The molecule has 0 aliphatic heterocycles. The lowest BCUT2D eigenvalue weighted by Crippen LogP contribution is -2.49. The molecule has 0 aromatic rings. The van der Waals surface area contributed by atoms with Crippen molar-refractivity contribution in [2.75, 3.05) is 14.2 Å².